The van der Waals surface area contributed by atoms with Gasteiger partial charge in [0.05, 0.1) is 0 Å². The van der Waals surface area contributed by atoms with E-state index >= 15 is 0 Å². The summed E-state index contributed by atoms with van der Waals surface area (Å²) in [5.41, 5.74) is 0.828. The number of rotatable bonds is 2. The van der Waals surface area contributed by atoms with Gasteiger partial charge in [-0.05, 0) is 12.1 Å². The van der Waals surface area contributed by atoms with Crippen molar-refractivity contribution in [2.45, 2.75) is 19.1 Å². The Labute approximate surface area is 131 Å². The maximum absolute atomic E-state index is 12.1. The first kappa shape index (κ1) is 17.2. The minimum absolute atomic E-state index is 0.0369. The molecular formula is C12H11Br2F3IN. The van der Waals surface area contributed by atoms with Crippen LogP contribution in [0.4, 0.5) is 13.2 Å². The van der Waals surface area contributed by atoms with Crippen molar-refractivity contribution >= 4 is 36.3 Å². The Kier molecular flexibility index (Phi) is 7.60. The first-order valence-corrected chi connectivity index (χ1v) is 15.0. The topological polar surface area (TPSA) is 3.88 Å². The van der Waals surface area contributed by atoms with E-state index in [9.17, 15) is 13.2 Å². The Balaban J connectivity index is 0.000000550. The molecule has 1 heterocycles. The predicted molar refractivity (Wildman–Crippen MR) is 72.7 cm³/mol. The van der Waals surface area contributed by atoms with Crippen LogP contribution in [0.5, 0.6) is 0 Å². The molecule has 0 fully saturated rings. The fourth-order valence-electron chi connectivity index (χ4n) is 1.66. The number of aryl methyl sites for hydroxylation is 1. The molecule has 2 rings (SSSR count). The summed E-state index contributed by atoms with van der Waals surface area (Å²) in [6.45, 7) is -0.0369. The maximum atomic E-state index is 12.1. The maximum Gasteiger partial charge on any atom is 0.395 e. The molecule has 1 nitrogen and oxygen atoms in total. The molecule has 0 saturated carbocycles. The number of nitrogens with zero attached hydrogens (tertiary/aromatic N) is 1. The molecule has 0 N–H and O–H groups in total. The van der Waals surface area contributed by atoms with E-state index < -0.39 is 12.6 Å². The normalized spacial score (nSPS) is 11.2. The van der Waals surface area contributed by atoms with Gasteiger partial charge in [-0.15, -0.1) is 0 Å². The second-order valence-corrected chi connectivity index (χ2v) is 13.4. The second kappa shape index (κ2) is 8.41. The molecule has 0 unspecified atom stereocenters. The zero-order chi connectivity index (χ0) is 14.3. The van der Waals surface area contributed by atoms with Crippen molar-refractivity contribution in [3.8, 4) is 0 Å². The number of fused-ring (bicyclic) bond motifs is 1. The van der Waals surface area contributed by atoms with Crippen molar-refractivity contribution in [1.82, 2.24) is 0 Å². The number of hydrogen-bond donors (Lipinski definition) is 0. The van der Waals surface area contributed by atoms with Gasteiger partial charge in [-0.1, -0.05) is 12.1 Å². The molecule has 0 radical (unpaired) electrons. The summed E-state index contributed by atoms with van der Waals surface area (Å²) in [7, 11) is 0. The summed E-state index contributed by atoms with van der Waals surface area (Å²) in [6.07, 6.45) is -3.23. The van der Waals surface area contributed by atoms with Crippen LogP contribution in [0.1, 0.15) is 6.42 Å². The van der Waals surface area contributed by atoms with Crippen molar-refractivity contribution < 1.29 is 34.5 Å². The van der Waals surface area contributed by atoms with E-state index in [0.717, 1.165) is 10.9 Å². The molecule has 0 aliphatic carbocycles. The van der Waals surface area contributed by atoms with Gasteiger partial charge in [0, 0.05) is 17.5 Å². The molecule has 106 valence electrons. The van der Waals surface area contributed by atoms with Crippen LogP contribution in [-0.2, 0) is 6.54 Å². The molecule has 1 aromatic carbocycles. The fraction of sp³-hybridized carbons (Fsp3) is 0.250. The van der Waals surface area contributed by atoms with Crippen LogP contribution in [0.25, 0.3) is 10.9 Å². The van der Waals surface area contributed by atoms with Crippen LogP contribution < -0.4 is 21.3 Å². The SMILES string of the molecule is Br[I-]Br.FC(F)(F)CC[n+]1cccc2ccccc21. The zero-order valence-electron chi connectivity index (χ0n) is 9.67. The molecule has 0 aliphatic rings. The largest absolute Gasteiger partial charge is 0.395 e. The molecule has 19 heavy (non-hydrogen) atoms. The average molecular weight is 513 g/mol. The van der Waals surface area contributed by atoms with E-state index in [0.29, 0.717) is 0 Å². The van der Waals surface area contributed by atoms with E-state index in [1.807, 2.05) is 30.3 Å². The van der Waals surface area contributed by atoms with E-state index in [2.05, 4.69) is 25.4 Å². The van der Waals surface area contributed by atoms with Crippen molar-refractivity contribution in [2.75, 3.05) is 0 Å². The van der Waals surface area contributed by atoms with Gasteiger partial charge in [-0.25, -0.2) is 0 Å². The summed E-state index contributed by atoms with van der Waals surface area (Å²) in [6, 6.07) is 11.1. The van der Waals surface area contributed by atoms with E-state index in [4.69, 9.17) is 0 Å². The Morgan fingerprint density at radius 1 is 1.05 bits per heavy atom. The molecule has 1 aromatic heterocycles. The number of hydrogen-bond acceptors (Lipinski definition) is 0. The Morgan fingerprint density at radius 2 is 1.63 bits per heavy atom. The fourth-order valence-corrected chi connectivity index (χ4v) is 1.66. The van der Waals surface area contributed by atoms with Gasteiger partial charge in [-0.2, -0.15) is 17.7 Å². The summed E-state index contributed by atoms with van der Waals surface area (Å²) in [4.78, 5) is 0. The Hall–Kier alpha value is 0.110. The van der Waals surface area contributed by atoms with E-state index in [-0.39, 0.29) is 23.3 Å². The van der Waals surface area contributed by atoms with Crippen molar-refractivity contribution in [3.63, 3.8) is 0 Å². The third-order valence-corrected chi connectivity index (χ3v) is 2.42. The first-order chi connectivity index (χ1) is 8.98. The van der Waals surface area contributed by atoms with Crippen molar-refractivity contribution in [3.05, 3.63) is 42.6 Å². The van der Waals surface area contributed by atoms with Gasteiger partial charge < -0.3 is 0 Å². The van der Waals surface area contributed by atoms with Crippen LogP contribution >= 0.6 is 25.4 Å². The minimum atomic E-state index is -4.11. The summed E-state index contributed by atoms with van der Waals surface area (Å²) in [5, 5.41) is 0.951. The van der Waals surface area contributed by atoms with Crippen molar-refractivity contribution in [2.24, 2.45) is 0 Å². The molecule has 0 amide bonds. The van der Waals surface area contributed by atoms with Gasteiger partial charge in [-0.3, -0.25) is 0 Å². The number of pyridine rings is 1. The van der Waals surface area contributed by atoms with E-state index in [1.54, 1.807) is 16.8 Å². The summed E-state index contributed by atoms with van der Waals surface area (Å²) >= 11 is 6.56. The van der Waals surface area contributed by atoms with Gasteiger partial charge >= 0.3 is 48.3 Å². The third kappa shape index (κ3) is 6.40. The predicted octanol–water partition coefficient (Wildman–Crippen LogP) is 1.77. The molecular weight excluding hydrogens is 502 g/mol. The van der Waals surface area contributed by atoms with E-state index in [1.165, 1.54) is 0 Å². The van der Waals surface area contributed by atoms with Crippen LogP contribution in [0, 0.1) is 0 Å². The number of benzene rings is 1. The van der Waals surface area contributed by atoms with Crippen LogP contribution in [0.15, 0.2) is 42.6 Å². The molecule has 0 spiro atoms. The number of aromatic nitrogens is 1. The molecule has 2 aromatic rings. The van der Waals surface area contributed by atoms with Crippen LogP contribution in [0.3, 0.4) is 0 Å². The number of alkyl halides is 3. The smallest absolute Gasteiger partial charge is 0.198 e. The van der Waals surface area contributed by atoms with Crippen LogP contribution in [-0.4, -0.2) is 6.18 Å². The third-order valence-electron chi connectivity index (χ3n) is 2.42. The summed E-state index contributed by atoms with van der Waals surface area (Å²) in [5.74, 6) is 0. The number of para-hydroxylation sites is 1. The molecule has 0 saturated heterocycles. The van der Waals surface area contributed by atoms with Crippen LogP contribution in [0.2, 0.25) is 0 Å². The van der Waals surface area contributed by atoms with Gasteiger partial charge in [0.25, 0.3) is 0 Å². The zero-order valence-corrected chi connectivity index (χ0v) is 15.0. The van der Waals surface area contributed by atoms with Crippen molar-refractivity contribution in [1.29, 1.82) is 0 Å². The number of halogens is 6. The second-order valence-electron chi connectivity index (χ2n) is 3.68. The average Bonchev–Trinajstić information content (AvgIpc) is 2.36. The summed E-state index contributed by atoms with van der Waals surface area (Å²) < 4.78 is 38.0. The van der Waals surface area contributed by atoms with Gasteiger partial charge in [0.1, 0.15) is 6.42 Å². The molecule has 0 aliphatic heterocycles. The monoisotopic (exact) mass is 511 g/mol. The quantitative estimate of drug-likeness (QED) is 0.427. The standard InChI is InChI=1S/C12H11F3N.Br2I/c13-12(14,15)7-9-16-8-3-5-10-4-1-2-6-11(10)16;1-3-2/h1-6,8H,7,9H2;/q+1;-1. The van der Waals surface area contributed by atoms with Gasteiger partial charge in [0.2, 0.25) is 5.52 Å². The minimum Gasteiger partial charge on any atom is -0.198 e. The van der Waals surface area contributed by atoms with Gasteiger partial charge in [0.15, 0.2) is 12.7 Å². The first-order valence-electron chi connectivity index (χ1n) is 5.29. The Morgan fingerprint density at radius 3 is 2.26 bits per heavy atom. The molecule has 0 atom stereocenters. The molecule has 0 bridgehead atoms. The molecule has 7 heteroatoms. The Bertz CT molecular complexity index is 514.